The van der Waals surface area contributed by atoms with Crippen LogP contribution >= 0.6 is 23.0 Å². The average molecular weight is 294 g/mol. The van der Waals surface area contributed by atoms with E-state index in [0.29, 0.717) is 11.5 Å². The minimum atomic E-state index is -0.991. The minimum Gasteiger partial charge on any atom is -0.482 e. The molecular weight excluding hydrogens is 287 g/mol. The van der Waals surface area contributed by atoms with Crippen LogP contribution in [-0.4, -0.2) is 17.7 Å². The molecule has 0 heterocycles. The Bertz CT molecular complexity index is 283. The summed E-state index contributed by atoms with van der Waals surface area (Å²) in [5.41, 5.74) is 0. The highest BCUT2D eigenvalue weighted by molar-refractivity contribution is 14.1. The summed E-state index contributed by atoms with van der Waals surface area (Å²) in [4.78, 5) is 10.1. The van der Waals surface area contributed by atoms with Gasteiger partial charge in [0.2, 0.25) is 0 Å². The van der Waals surface area contributed by atoms with Gasteiger partial charge in [-0.1, -0.05) is 0 Å². The topological polar surface area (TPSA) is 55.8 Å². The number of aliphatic carboxylic acids is 1. The molecule has 0 spiro atoms. The number of halogens is 1. The highest BCUT2D eigenvalue weighted by atomic mass is 127. The molecule has 0 unspecified atom stereocenters. The normalized spacial score (nSPS) is 9.31. The zero-order chi connectivity index (χ0) is 9.68. The summed E-state index contributed by atoms with van der Waals surface area (Å²) in [7, 11) is 0. The molecule has 0 aliphatic heterocycles. The fourth-order valence-corrected chi connectivity index (χ4v) is 1.03. The van der Waals surface area contributed by atoms with E-state index in [1.807, 2.05) is 0 Å². The lowest BCUT2D eigenvalue weighted by Gasteiger charge is -2.02. The third kappa shape index (κ3) is 3.49. The molecule has 13 heavy (non-hydrogen) atoms. The molecule has 1 aromatic rings. The van der Waals surface area contributed by atoms with Crippen molar-refractivity contribution in [2.45, 2.75) is 0 Å². The Labute approximate surface area is 89.2 Å². The summed E-state index contributed by atoms with van der Waals surface area (Å²) in [5.74, 6) is 0.220. The van der Waals surface area contributed by atoms with E-state index in [1.54, 1.807) is 47.3 Å². The van der Waals surface area contributed by atoms with Crippen LogP contribution in [0.3, 0.4) is 0 Å². The number of benzene rings is 1. The van der Waals surface area contributed by atoms with Crippen LogP contribution in [0.2, 0.25) is 0 Å². The molecule has 1 N–H and O–H groups in total. The van der Waals surface area contributed by atoms with Gasteiger partial charge in [0.25, 0.3) is 0 Å². The number of carboxylic acid groups (broad SMARTS) is 1. The molecule has 0 fully saturated rings. The predicted octanol–water partition coefficient (Wildman–Crippen LogP) is 1.88. The van der Waals surface area contributed by atoms with Crippen molar-refractivity contribution in [1.82, 2.24) is 0 Å². The van der Waals surface area contributed by atoms with Crippen LogP contribution in [0.25, 0.3) is 0 Å². The molecule has 0 radical (unpaired) electrons. The first-order chi connectivity index (χ1) is 6.22. The first-order valence-corrected chi connectivity index (χ1v) is 4.33. The van der Waals surface area contributed by atoms with E-state index in [9.17, 15) is 4.79 Å². The average Bonchev–Trinajstić information content (AvgIpc) is 2.15. The van der Waals surface area contributed by atoms with Gasteiger partial charge in [-0.05, 0) is 24.3 Å². The Morgan fingerprint density at radius 2 is 1.85 bits per heavy atom. The highest BCUT2D eigenvalue weighted by Crippen LogP contribution is 2.18. The molecule has 0 aliphatic rings. The van der Waals surface area contributed by atoms with Gasteiger partial charge in [0.1, 0.15) is 11.5 Å². The van der Waals surface area contributed by atoms with Gasteiger partial charge in [-0.15, -0.1) is 0 Å². The first-order valence-electron chi connectivity index (χ1n) is 3.45. The highest BCUT2D eigenvalue weighted by Gasteiger charge is 1.98. The van der Waals surface area contributed by atoms with E-state index in [1.165, 1.54) is 0 Å². The zero-order valence-electron chi connectivity index (χ0n) is 6.57. The standard InChI is InChI=1S/C8H7IO4/c9-13-7-3-1-6(2-4-7)12-5-8(10)11/h1-4H,5H2,(H,10,11). The van der Waals surface area contributed by atoms with Gasteiger partial charge in [-0.2, -0.15) is 0 Å². The number of carbonyl (C=O) groups is 1. The molecule has 0 saturated carbocycles. The molecule has 1 rings (SSSR count). The second-order valence-electron chi connectivity index (χ2n) is 2.23. The van der Waals surface area contributed by atoms with Gasteiger partial charge in [-0.25, -0.2) is 4.79 Å². The molecule has 70 valence electrons. The summed E-state index contributed by atoms with van der Waals surface area (Å²) < 4.78 is 9.80. The van der Waals surface area contributed by atoms with E-state index in [2.05, 4.69) is 0 Å². The van der Waals surface area contributed by atoms with Gasteiger partial charge >= 0.3 is 5.97 Å². The van der Waals surface area contributed by atoms with E-state index in [0.717, 1.165) is 0 Å². The van der Waals surface area contributed by atoms with Crippen LogP contribution in [0.15, 0.2) is 24.3 Å². The third-order valence-corrected chi connectivity index (χ3v) is 1.78. The fraction of sp³-hybridized carbons (Fsp3) is 0.125. The lowest BCUT2D eigenvalue weighted by Crippen LogP contribution is -2.09. The predicted molar refractivity (Wildman–Crippen MR) is 54.2 cm³/mol. The summed E-state index contributed by atoms with van der Waals surface area (Å²) >= 11 is 1.76. The SMILES string of the molecule is O=C(O)COc1ccc(OI)cc1. The summed E-state index contributed by atoms with van der Waals surface area (Å²) in [5, 5.41) is 8.32. The Balaban J connectivity index is 2.54. The molecule has 0 aliphatic carbocycles. The minimum absolute atomic E-state index is 0.329. The molecule has 0 saturated heterocycles. The largest absolute Gasteiger partial charge is 0.482 e. The number of hydrogen-bond donors (Lipinski definition) is 1. The molecule has 0 bridgehead atoms. The van der Waals surface area contributed by atoms with Crippen LogP contribution in [0, 0.1) is 0 Å². The number of carboxylic acids is 1. The quantitative estimate of drug-likeness (QED) is 0.861. The van der Waals surface area contributed by atoms with Crippen molar-refractivity contribution in [3.8, 4) is 11.5 Å². The van der Waals surface area contributed by atoms with Crippen molar-refractivity contribution in [2.75, 3.05) is 6.61 Å². The summed E-state index contributed by atoms with van der Waals surface area (Å²) in [6.45, 7) is -0.329. The van der Waals surface area contributed by atoms with Crippen molar-refractivity contribution in [2.24, 2.45) is 0 Å². The van der Waals surface area contributed by atoms with Crippen molar-refractivity contribution < 1.29 is 17.7 Å². The van der Waals surface area contributed by atoms with Crippen molar-refractivity contribution in [3.63, 3.8) is 0 Å². The van der Waals surface area contributed by atoms with Crippen molar-refractivity contribution in [3.05, 3.63) is 24.3 Å². The molecule has 0 aromatic heterocycles. The van der Waals surface area contributed by atoms with Gasteiger partial charge in [0, 0.05) is 0 Å². The maximum absolute atomic E-state index is 10.1. The number of hydrogen-bond acceptors (Lipinski definition) is 3. The van der Waals surface area contributed by atoms with Crippen molar-refractivity contribution >= 4 is 29.0 Å². The Kier molecular flexibility index (Phi) is 3.81. The zero-order valence-corrected chi connectivity index (χ0v) is 8.72. The lowest BCUT2D eigenvalue weighted by molar-refractivity contribution is -0.139. The van der Waals surface area contributed by atoms with Crippen LogP contribution < -0.4 is 7.80 Å². The molecule has 1 aromatic carbocycles. The van der Waals surface area contributed by atoms with Gasteiger partial charge < -0.3 is 12.9 Å². The van der Waals surface area contributed by atoms with Crippen molar-refractivity contribution in [1.29, 1.82) is 0 Å². The second-order valence-corrected chi connectivity index (χ2v) is 2.67. The van der Waals surface area contributed by atoms with E-state index >= 15 is 0 Å². The van der Waals surface area contributed by atoms with Crippen LogP contribution in [0.4, 0.5) is 0 Å². The van der Waals surface area contributed by atoms with E-state index < -0.39 is 5.97 Å². The van der Waals surface area contributed by atoms with Gasteiger partial charge in [0.05, 0.1) is 0 Å². The Morgan fingerprint density at radius 1 is 1.31 bits per heavy atom. The maximum atomic E-state index is 10.1. The summed E-state index contributed by atoms with van der Waals surface area (Å²) in [6.07, 6.45) is 0. The molecule has 5 heteroatoms. The van der Waals surface area contributed by atoms with E-state index in [4.69, 9.17) is 12.9 Å². The Morgan fingerprint density at radius 3 is 2.31 bits per heavy atom. The monoisotopic (exact) mass is 294 g/mol. The lowest BCUT2D eigenvalue weighted by atomic mass is 10.3. The van der Waals surface area contributed by atoms with Crippen LogP contribution in [-0.2, 0) is 4.79 Å². The summed E-state index contributed by atoms with van der Waals surface area (Å²) in [6, 6.07) is 6.70. The fourth-order valence-electron chi connectivity index (χ4n) is 0.732. The molecule has 4 nitrogen and oxygen atoms in total. The smallest absolute Gasteiger partial charge is 0.341 e. The maximum Gasteiger partial charge on any atom is 0.341 e. The third-order valence-electron chi connectivity index (χ3n) is 1.28. The Hall–Kier alpha value is -0.980. The van der Waals surface area contributed by atoms with Gasteiger partial charge in [-0.3, -0.25) is 0 Å². The van der Waals surface area contributed by atoms with Gasteiger partial charge in [0.15, 0.2) is 29.6 Å². The molecule has 0 amide bonds. The van der Waals surface area contributed by atoms with Crippen LogP contribution in [0.5, 0.6) is 11.5 Å². The molecular formula is C8H7IO4. The number of rotatable bonds is 4. The second kappa shape index (κ2) is 4.90. The molecule has 0 atom stereocenters. The number of ether oxygens (including phenoxy) is 1. The van der Waals surface area contributed by atoms with E-state index in [-0.39, 0.29) is 6.61 Å². The first kappa shape index (κ1) is 10.1. The van der Waals surface area contributed by atoms with Crippen LogP contribution in [0.1, 0.15) is 0 Å².